The molecule has 0 radical (unpaired) electrons. The summed E-state index contributed by atoms with van der Waals surface area (Å²) in [5, 5.41) is 15.3. The third-order valence-electron chi connectivity index (χ3n) is 1.82. The fraction of sp³-hybridized carbons (Fsp3) is 0.125. The third kappa shape index (κ3) is 1.96. The number of carbonyl (C=O) groups is 1. The van der Waals surface area contributed by atoms with Crippen LogP contribution in [0.1, 0.15) is 16.2 Å². The summed E-state index contributed by atoms with van der Waals surface area (Å²) in [4.78, 5) is 15.4. The van der Waals surface area contributed by atoms with Crippen molar-refractivity contribution in [2.45, 2.75) is 6.92 Å². The van der Waals surface area contributed by atoms with Crippen molar-refractivity contribution in [2.75, 3.05) is 5.32 Å². The Kier molecular flexibility index (Phi) is 2.36. The van der Waals surface area contributed by atoms with Crippen LogP contribution in [0, 0.1) is 6.92 Å². The zero-order valence-corrected chi connectivity index (χ0v) is 7.93. The van der Waals surface area contributed by atoms with Gasteiger partial charge in [0.1, 0.15) is 0 Å². The van der Waals surface area contributed by atoms with E-state index in [0.717, 1.165) is 5.56 Å². The van der Waals surface area contributed by atoms with Crippen LogP contribution in [0.15, 0.2) is 18.5 Å². The zero-order valence-electron chi connectivity index (χ0n) is 7.93. The molecule has 0 aliphatic rings. The standard InChI is InChI=1S/C8H8N6O/c1-5-4-9-3-2-6(5)10-8(15)7-11-13-14-12-7/h2-4H,1H3,(H,9,10,15)(H,11,12,13,14). The van der Waals surface area contributed by atoms with Gasteiger partial charge in [-0.1, -0.05) is 0 Å². The van der Waals surface area contributed by atoms with E-state index in [2.05, 4.69) is 30.9 Å². The van der Waals surface area contributed by atoms with Gasteiger partial charge in [-0.05, 0) is 23.8 Å². The molecule has 0 unspecified atom stereocenters. The number of carbonyl (C=O) groups excluding carboxylic acids is 1. The predicted octanol–water partition coefficient (Wildman–Crippen LogP) is 0.155. The number of nitrogens with one attached hydrogen (secondary N) is 2. The highest BCUT2D eigenvalue weighted by molar-refractivity contribution is 6.01. The number of H-pyrrole nitrogens is 1. The molecule has 7 nitrogen and oxygen atoms in total. The zero-order chi connectivity index (χ0) is 10.7. The molecule has 0 fully saturated rings. The van der Waals surface area contributed by atoms with Crippen molar-refractivity contribution in [1.29, 1.82) is 0 Å². The molecule has 0 aliphatic heterocycles. The van der Waals surface area contributed by atoms with Crippen LogP contribution in [-0.4, -0.2) is 31.5 Å². The van der Waals surface area contributed by atoms with Gasteiger partial charge < -0.3 is 5.32 Å². The van der Waals surface area contributed by atoms with Crippen molar-refractivity contribution in [3.05, 3.63) is 29.8 Å². The van der Waals surface area contributed by atoms with Crippen LogP contribution < -0.4 is 5.32 Å². The first-order valence-corrected chi connectivity index (χ1v) is 4.23. The van der Waals surface area contributed by atoms with Crippen LogP contribution in [0.25, 0.3) is 0 Å². The number of nitrogens with zero attached hydrogens (tertiary/aromatic N) is 4. The molecule has 2 aromatic heterocycles. The first-order chi connectivity index (χ1) is 7.27. The number of hydrogen-bond acceptors (Lipinski definition) is 5. The molecule has 0 saturated carbocycles. The minimum absolute atomic E-state index is 0.00575. The molecule has 76 valence electrons. The summed E-state index contributed by atoms with van der Waals surface area (Å²) in [6.07, 6.45) is 3.25. The Morgan fingerprint density at radius 3 is 3.07 bits per heavy atom. The van der Waals surface area contributed by atoms with Gasteiger partial charge in [-0.15, -0.1) is 10.2 Å². The van der Waals surface area contributed by atoms with Crippen molar-refractivity contribution in [3.63, 3.8) is 0 Å². The molecule has 2 heterocycles. The second-order valence-corrected chi connectivity index (χ2v) is 2.88. The molecule has 1 amide bonds. The highest BCUT2D eigenvalue weighted by Crippen LogP contribution is 2.11. The summed E-state index contributed by atoms with van der Waals surface area (Å²) < 4.78 is 0. The fourth-order valence-corrected chi connectivity index (χ4v) is 1.05. The monoisotopic (exact) mass is 204 g/mol. The Balaban J connectivity index is 2.17. The van der Waals surface area contributed by atoms with E-state index in [4.69, 9.17) is 0 Å². The van der Waals surface area contributed by atoms with Crippen molar-refractivity contribution in [2.24, 2.45) is 0 Å². The Hall–Kier alpha value is -2.31. The summed E-state index contributed by atoms with van der Waals surface area (Å²) in [6, 6.07) is 1.70. The summed E-state index contributed by atoms with van der Waals surface area (Å²) in [5.74, 6) is -0.399. The lowest BCUT2D eigenvalue weighted by molar-refractivity contribution is 0.101. The van der Waals surface area contributed by atoms with Gasteiger partial charge in [-0.3, -0.25) is 9.78 Å². The summed E-state index contributed by atoms with van der Waals surface area (Å²) >= 11 is 0. The van der Waals surface area contributed by atoms with Crippen LogP contribution >= 0.6 is 0 Å². The van der Waals surface area contributed by atoms with Gasteiger partial charge in [-0.25, -0.2) is 0 Å². The van der Waals surface area contributed by atoms with E-state index < -0.39 is 5.91 Å². The number of amides is 1. The topological polar surface area (TPSA) is 96.5 Å². The molecular weight excluding hydrogens is 196 g/mol. The molecule has 0 atom stereocenters. The number of anilines is 1. The number of aromatic nitrogens is 5. The molecule has 2 N–H and O–H groups in total. The molecule has 2 rings (SSSR count). The smallest absolute Gasteiger partial charge is 0.297 e. The number of pyridine rings is 1. The first-order valence-electron chi connectivity index (χ1n) is 4.23. The number of aryl methyl sites for hydroxylation is 1. The van der Waals surface area contributed by atoms with Gasteiger partial charge in [0.05, 0.1) is 0 Å². The van der Waals surface area contributed by atoms with E-state index in [1.165, 1.54) is 0 Å². The van der Waals surface area contributed by atoms with Crippen molar-refractivity contribution in [3.8, 4) is 0 Å². The van der Waals surface area contributed by atoms with Crippen LogP contribution in [0.5, 0.6) is 0 Å². The lowest BCUT2D eigenvalue weighted by Crippen LogP contribution is -2.14. The minimum atomic E-state index is -0.405. The maximum atomic E-state index is 11.5. The second kappa shape index (κ2) is 3.82. The lowest BCUT2D eigenvalue weighted by Gasteiger charge is -2.04. The van der Waals surface area contributed by atoms with Crippen molar-refractivity contribution < 1.29 is 4.79 Å². The second-order valence-electron chi connectivity index (χ2n) is 2.88. The van der Waals surface area contributed by atoms with E-state index in [9.17, 15) is 4.79 Å². The molecule has 0 aliphatic carbocycles. The van der Waals surface area contributed by atoms with Crippen LogP contribution in [-0.2, 0) is 0 Å². The van der Waals surface area contributed by atoms with Crippen molar-refractivity contribution >= 4 is 11.6 Å². The average molecular weight is 204 g/mol. The van der Waals surface area contributed by atoms with E-state index in [1.54, 1.807) is 18.5 Å². The lowest BCUT2D eigenvalue weighted by atomic mass is 10.2. The molecule has 0 saturated heterocycles. The Labute approximate surface area is 84.9 Å². The Bertz CT molecular complexity index is 466. The van der Waals surface area contributed by atoms with Gasteiger partial charge >= 0.3 is 0 Å². The van der Waals surface area contributed by atoms with Gasteiger partial charge in [0.2, 0.25) is 0 Å². The predicted molar refractivity (Wildman–Crippen MR) is 51.1 cm³/mol. The number of hydrogen-bond donors (Lipinski definition) is 2. The SMILES string of the molecule is Cc1cnccc1NC(=O)c1nn[nH]n1. The summed E-state index contributed by atoms with van der Waals surface area (Å²) in [6.45, 7) is 1.85. The molecule has 7 heteroatoms. The highest BCUT2D eigenvalue weighted by Gasteiger charge is 2.11. The van der Waals surface area contributed by atoms with Gasteiger partial charge in [0.15, 0.2) is 0 Å². The minimum Gasteiger partial charge on any atom is -0.319 e. The summed E-state index contributed by atoms with van der Waals surface area (Å²) in [5.41, 5.74) is 1.55. The van der Waals surface area contributed by atoms with E-state index in [-0.39, 0.29) is 5.82 Å². The Morgan fingerprint density at radius 1 is 1.53 bits per heavy atom. The average Bonchev–Trinajstić information content (AvgIpc) is 2.74. The van der Waals surface area contributed by atoms with Gasteiger partial charge in [-0.2, -0.15) is 5.21 Å². The van der Waals surface area contributed by atoms with Crippen LogP contribution in [0.4, 0.5) is 5.69 Å². The van der Waals surface area contributed by atoms with Gasteiger partial charge in [0.25, 0.3) is 11.7 Å². The largest absolute Gasteiger partial charge is 0.319 e. The molecular formula is C8H8N6O. The fourth-order valence-electron chi connectivity index (χ4n) is 1.05. The maximum Gasteiger partial charge on any atom is 0.297 e. The van der Waals surface area contributed by atoms with Gasteiger partial charge in [0, 0.05) is 18.1 Å². The van der Waals surface area contributed by atoms with Crippen molar-refractivity contribution in [1.82, 2.24) is 25.6 Å². The first kappa shape index (κ1) is 9.25. The van der Waals surface area contributed by atoms with Crippen LogP contribution in [0.3, 0.4) is 0 Å². The van der Waals surface area contributed by atoms with E-state index in [0.29, 0.717) is 5.69 Å². The van der Waals surface area contributed by atoms with E-state index >= 15 is 0 Å². The number of rotatable bonds is 2. The Morgan fingerprint density at radius 2 is 2.40 bits per heavy atom. The normalized spacial score (nSPS) is 9.93. The quantitative estimate of drug-likeness (QED) is 0.726. The molecule has 2 aromatic rings. The molecule has 0 bridgehead atoms. The third-order valence-corrected chi connectivity index (χ3v) is 1.82. The summed E-state index contributed by atoms with van der Waals surface area (Å²) in [7, 11) is 0. The molecule has 0 aromatic carbocycles. The highest BCUT2D eigenvalue weighted by atomic mass is 16.2. The number of aromatic amines is 1. The van der Waals surface area contributed by atoms with E-state index in [1.807, 2.05) is 6.92 Å². The number of tetrazole rings is 1. The molecule has 0 spiro atoms. The maximum absolute atomic E-state index is 11.5. The molecule has 15 heavy (non-hydrogen) atoms. The van der Waals surface area contributed by atoms with Crippen LogP contribution in [0.2, 0.25) is 0 Å².